The van der Waals surface area contributed by atoms with Crippen LogP contribution in [0.25, 0.3) is 0 Å². The Balaban J connectivity index is 0.00000180. The second-order valence-electron chi connectivity index (χ2n) is 7.93. The van der Waals surface area contributed by atoms with Crippen molar-refractivity contribution in [2.75, 3.05) is 13.1 Å². The summed E-state index contributed by atoms with van der Waals surface area (Å²) in [6.07, 6.45) is 6.34. The van der Waals surface area contributed by atoms with Crippen LogP contribution in [-0.2, 0) is 17.6 Å². The summed E-state index contributed by atoms with van der Waals surface area (Å²) < 4.78 is 0. The lowest BCUT2D eigenvalue weighted by Crippen LogP contribution is -2.45. The SMILES string of the molecule is Cl.O=C([C@H]1CC[C@H](c2ccccc2)N1)N1CCc2[nH]nc(C3CC3)c2CC1. The maximum absolute atomic E-state index is 13.1. The molecular formula is C21H27ClN4O. The zero-order valence-corrected chi connectivity index (χ0v) is 16.3. The summed E-state index contributed by atoms with van der Waals surface area (Å²) in [5.41, 5.74) is 5.21. The molecule has 1 amide bonds. The third-order valence-corrected chi connectivity index (χ3v) is 6.17. The highest BCUT2D eigenvalue weighted by Gasteiger charge is 2.35. The van der Waals surface area contributed by atoms with E-state index in [-0.39, 0.29) is 24.4 Å². The average molecular weight is 387 g/mol. The number of aromatic amines is 1. The second-order valence-corrected chi connectivity index (χ2v) is 7.93. The van der Waals surface area contributed by atoms with Gasteiger partial charge in [0.15, 0.2) is 0 Å². The molecule has 1 aromatic heterocycles. The van der Waals surface area contributed by atoms with Crippen molar-refractivity contribution >= 4 is 18.3 Å². The van der Waals surface area contributed by atoms with Crippen molar-refractivity contribution in [3.8, 4) is 0 Å². The van der Waals surface area contributed by atoms with Gasteiger partial charge in [0.25, 0.3) is 0 Å². The Bertz CT molecular complexity index is 802. The predicted molar refractivity (Wildman–Crippen MR) is 107 cm³/mol. The Labute approximate surface area is 166 Å². The predicted octanol–water partition coefficient (Wildman–Crippen LogP) is 3.13. The molecule has 2 fully saturated rings. The van der Waals surface area contributed by atoms with Gasteiger partial charge >= 0.3 is 0 Å². The van der Waals surface area contributed by atoms with Gasteiger partial charge in [-0.15, -0.1) is 12.4 Å². The minimum absolute atomic E-state index is 0. The van der Waals surface area contributed by atoms with Gasteiger partial charge in [-0.3, -0.25) is 15.2 Å². The average Bonchev–Trinajstić information content (AvgIpc) is 3.33. The normalized spacial score (nSPS) is 24.8. The number of aromatic nitrogens is 2. The van der Waals surface area contributed by atoms with E-state index < -0.39 is 0 Å². The number of nitrogens with one attached hydrogen (secondary N) is 2. The summed E-state index contributed by atoms with van der Waals surface area (Å²) in [5.74, 6) is 0.940. The molecule has 1 aliphatic carbocycles. The van der Waals surface area contributed by atoms with Crippen molar-refractivity contribution in [3.63, 3.8) is 0 Å². The maximum Gasteiger partial charge on any atom is 0.239 e. The lowest BCUT2D eigenvalue weighted by Gasteiger charge is -2.24. The molecule has 3 aliphatic rings. The van der Waals surface area contributed by atoms with Crippen LogP contribution in [0.3, 0.4) is 0 Å². The number of carbonyl (C=O) groups is 1. The van der Waals surface area contributed by atoms with Crippen LogP contribution < -0.4 is 5.32 Å². The van der Waals surface area contributed by atoms with E-state index in [1.807, 2.05) is 6.07 Å². The molecule has 27 heavy (non-hydrogen) atoms. The fourth-order valence-corrected chi connectivity index (χ4v) is 4.53. The molecule has 1 saturated heterocycles. The molecule has 0 spiro atoms. The zero-order chi connectivity index (χ0) is 17.5. The van der Waals surface area contributed by atoms with Gasteiger partial charge in [-0.2, -0.15) is 5.10 Å². The third kappa shape index (κ3) is 3.63. The lowest BCUT2D eigenvalue weighted by atomic mass is 10.1. The lowest BCUT2D eigenvalue weighted by molar-refractivity contribution is -0.133. The minimum Gasteiger partial charge on any atom is -0.341 e. The highest BCUT2D eigenvalue weighted by Crippen LogP contribution is 2.41. The highest BCUT2D eigenvalue weighted by atomic mass is 35.5. The van der Waals surface area contributed by atoms with Crippen LogP contribution in [0.4, 0.5) is 0 Å². The van der Waals surface area contributed by atoms with E-state index in [0.717, 1.165) is 38.8 Å². The van der Waals surface area contributed by atoms with Gasteiger partial charge in [0.1, 0.15) is 0 Å². The summed E-state index contributed by atoms with van der Waals surface area (Å²) in [5, 5.41) is 11.4. The van der Waals surface area contributed by atoms with Crippen LogP contribution in [0.1, 0.15) is 60.2 Å². The molecular weight excluding hydrogens is 360 g/mol. The molecule has 5 nitrogen and oxygen atoms in total. The number of benzene rings is 1. The summed E-state index contributed by atoms with van der Waals surface area (Å²) in [7, 11) is 0. The highest BCUT2D eigenvalue weighted by molar-refractivity contribution is 5.85. The molecule has 144 valence electrons. The molecule has 2 atom stereocenters. The molecule has 0 radical (unpaired) electrons. The van der Waals surface area contributed by atoms with Crippen molar-refractivity contribution in [2.24, 2.45) is 0 Å². The minimum atomic E-state index is -0.0438. The summed E-state index contributed by atoms with van der Waals surface area (Å²) >= 11 is 0. The molecule has 3 heterocycles. The Morgan fingerprint density at radius 1 is 1.04 bits per heavy atom. The molecule has 0 unspecified atom stereocenters. The number of nitrogens with zero attached hydrogens (tertiary/aromatic N) is 2. The first-order valence-corrected chi connectivity index (χ1v) is 9.95. The fraction of sp³-hybridized carbons (Fsp3) is 0.524. The van der Waals surface area contributed by atoms with Gasteiger partial charge in [-0.1, -0.05) is 30.3 Å². The van der Waals surface area contributed by atoms with Crippen molar-refractivity contribution in [3.05, 3.63) is 52.8 Å². The van der Waals surface area contributed by atoms with Crippen LogP contribution in [0.5, 0.6) is 0 Å². The zero-order valence-electron chi connectivity index (χ0n) is 15.5. The molecule has 2 aromatic rings. The molecule has 5 rings (SSSR count). The van der Waals surface area contributed by atoms with Gasteiger partial charge in [0.05, 0.1) is 11.7 Å². The van der Waals surface area contributed by atoms with Crippen LogP contribution in [0, 0.1) is 0 Å². The molecule has 2 aliphatic heterocycles. The summed E-state index contributed by atoms with van der Waals surface area (Å²) in [6.45, 7) is 1.62. The first-order valence-electron chi connectivity index (χ1n) is 9.95. The number of fused-ring (bicyclic) bond motifs is 1. The maximum atomic E-state index is 13.1. The number of hydrogen-bond donors (Lipinski definition) is 2. The first-order chi connectivity index (χ1) is 12.8. The van der Waals surface area contributed by atoms with Gasteiger partial charge in [0.2, 0.25) is 5.91 Å². The van der Waals surface area contributed by atoms with E-state index in [1.54, 1.807) is 0 Å². The quantitative estimate of drug-likeness (QED) is 0.851. The van der Waals surface area contributed by atoms with E-state index in [2.05, 4.69) is 44.7 Å². The molecule has 2 N–H and O–H groups in total. The first kappa shape index (κ1) is 18.5. The molecule has 0 bridgehead atoms. The number of rotatable bonds is 3. The monoisotopic (exact) mass is 386 g/mol. The topological polar surface area (TPSA) is 61.0 Å². The van der Waals surface area contributed by atoms with E-state index in [0.29, 0.717) is 12.0 Å². The Kier molecular flexibility index (Phi) is 5.24. The Morgan fingerprint density at radius 3 is 2.59 bits per heavy atom. The molecule has 1 aromatic carbocycles. The second kappa shape index (κ2) is 7.64. The Morgan fingerprint density at radius 2 is 1.81 bits per heavy atom. The van der Waals surface area contributed by atoms with E-state index >= 15 is 0 Å². The molecule has 6 heteroatoms. The molecule has 1 saturated carbocycles. The van der Waals surface area contributed by atoms with E-state index in [4.69, 9.17) is 0 Å². The van der Waals surface area contributed by atoms with Crippen molar-refractivity contribution in [1.82, 2.24) is 20.4 Å². The van der Waals surface area contributed by atoms with Crippen LogP contribution in [0.15, 0.2) is 30.3 Å². The summed E-state index contributed by atoms with van der Waals surface area (Å²) in [6, 6.07) is 10.7. The van der Waals surface area contributed by atoms with Crippen LogP contribution in [-0.4, -0.2) is 40.1 Å². The van der Waals surface area contributed by atoms with Gasteiger partial charge in [0, 0.05) is 37.2 Å². The van der Waals surface area contributed by atoms with Gasteiger partial charge in [-0.05, 0) is 43.2 Å². The standard InChI is InChI=1S/C21H26N4O.ClH/c26-21(19-9-8-17(22-19)14-4-2-1-3-5-14)25-12-10-16-18(11-13-25)23-24-20(16)15-6-7-15;/h1-5,15,17,19,22H,6-13H2,(H,23,24);1H/t17-,19-;/m1./s1. The number of H-pyrrole nitrogens is 1. The largest absolute Gasteiger partial charge is 0.341 e. The smallest absolute Gasteiger partial charge is 0.239 e. The van der Waals surface area contributed by atoms with Crippen LogP contribution >= 0.6 is 12.4 Å². The number of carbonyl (C=O) groups excluding carboxylic acids is 1. The Hall–Kier alpha value is -1.85. The van der Waals surface area contributed by atoms with Crippen LogP contribution in [0.2, 0.25) is 0 Å². The number of amides is 1. The third-order valence-electron chi connectivity index (χ3n) is 6.17. The van der Waals surface area contributed by atoms with Crippen molar-refractivity contribution in [2.45, 2.75) is 56.5 Å². The van der Waals surface area contributed by atoms with Crippen molar-refractivity contribution < 1.29 is 4.79 Å². The summed E-state index contributed by atoms with van der Waals surface area (Å²) in [4.78, 5) is 15.1. The van der Waals surface area contributed by atoms with E-state index in [9.17, 15) is 4.79 Å². The number of halogens is 1. The fourth-order valence-electron chi connectivity index (χ4n) is 4.53. The van der Waals surface area contributed by atoms with Gasteiger partial charge in [-0.25, -0.2) is 0 Å². The number of hydrogen-bond acceptors (Lipinski definition) is 3. The van der Waals surface area contributed by atoms with E-state index in [1.165, 1.54) is 35.4 Å². The van der Waals surface area contributed by atoms with Gasteiger partial charge < -0.3 is 4.90 Å². The van der Waals surface area contributed by atoms with Crippen molar-refractivity contribution in [1.29, 1.82) is 0 Å².